The molecule has 0 aliphatic heterocycles. The van der Waals surface area contributed by atoms with Crippen LogP contribution in [0.25, 0.3) is 10.9 Å². The lowest BCUT2D eigenvalue weighted by molar-refractivity contribution is 0.302. The highest BCUT2D eigenvalue weighted by atomic mass is 16.5. The smallest absolute Gasteiger partial charge is 0.213 e. The number of hydrogen-bond donors (Lipinski definition) is 1. The van der Waals surface area contributed by atoms with Crippen molar-refractivity contribution < 1.29 is 4.74 Å². The second-order valence-electron chi connectivity index (χ2n) is 6.92. The Balaban J connectivity index is 1.42. The highest BCUT2D eigenvalue weighted by Crippen LogP contribution is 2.23. The first-order valence-electron chi connectivity index (χ1n) is 9.67. The van der Waals surface area contributed by atoms with E-state index in [1.165, 1.54) is 27.6 Å². The highest BCUT2D eigenvalue weighted by molar-refractivity contribution is 5.84. The van der Waals surface area contributed by atoms with Crippen molar-refractivity contribution in [2.45, 2.75) is 20.0 Å². The van der Waals surface area contributed by atoms with Crippen molar-refractivity contribution in [3.05, 3.63) is 95.8 Å². The number of aromatic nitrogens is 2. The second kappa shape index (κ2) is 8.72. The van der Waals surface area contributed by atoms with Crippen molar-refractivity contribution >= 4 is 10.9 Å². The predicted octanol–water partition coefficient (Wildman–Crippen LogP) is 4.56. The van der Waals surface area contributed by atoms with E-state index in [0.29, 0.717) is 12.5 Å². The molecule has 2 aromatic carbocycles. The summed E-state index contributed by atoms with van der Waals surface area (Å²) in [4.78, 5) is 4.17. The molecule has 4 nitrogen and oxygen atoms in total. The molecule has 1 N–H and O–H groups in total. The van der Waals surface area contributed by atoms with Crippen molar-refractivity contribution in [2.75, 3.05) is 13.2 Å². The van der Waals surface area contributed by atoms with Crippen LogP contribution < -0.4 is 10.1 Å². The van der Waals surface area contributed by atoms with Gasteiger partial charge in [-0.2, -0.15) is 0 Å². The summed E-state index contributed by atoms with van der Waals surface area (Å²) in [6, 6.07) is 22.9. The van der Waals surface area contributed by atoms with Gasteiger partial charge in [0.25, 0.3) is 0 Å². The zero-order valence-electron chi connectivity index (χ0n) is 16.1. The third-order valence-corrected chi connectivity index (χ3v) is 4.96. The van der Waals surface area contributed by atoms with Gasteiger partial charge in [0.15, 0.2) is 0 Å². The van der Waals surface area contributed by atoms with E-state index in [0.717, 1.165) is 19.6 Å². The largest absolute Gasteiger partial charge is 0.476 e. The van der Waals surface area contributed by atoms with E-state index in [4.69, 9.17) is 4.74 Å². The quantitative estimate of drug-likeness (QED) is 0.462. The third-order valence-electron chi connectivity index (χ3n) is 4.96. The number of ether oxygens (including phenoxy) is 1. The number of fused-ring (bicyclic) bond motifs is 1. The van der Waals surface area contributed by atoms with Crippen LogP contribution in [0, 0.1) is 6.92 Å². The van der Waals surface area contributed by atoms with E-state index in [-0.39, 0.29) is 0 Å². The van der Waals surface area contributed by atoms with Gasteiger partial charge in [0, 0.05) is 49.0 Å². The van der Waals surface area contributed by atoms with E-state index in [2.05, 4.69) is 76.5 Å². The molecule has 4 aromatic rings. The summed E-state index contributed by atoms with van der Waals surface area (Å²) < 4.78 is 8.00. The Kier molecular flexibility index (Phi) is 5.69. The number of rotatable bonds is 8. The van der Waals surface area contributed by atoms with Crippen LogP contribution >= 0.6 is 0 Å². The SMILES string of the molecule is Cc1ccccc1Cn1cc(CNCCOc2ccccn2)c2ccccc21. The number of pyridine rings is 1. The molecule has 0 spiro atoms. The van der Waals surface area contributed by atoms with Gasteiger partial charge in [-0.3, -0.25) is 0 Å². The van der Waals surface area contributed by atoms with Crippen LogP contribution in [0.5, 0.6) is 5.88 Å². The number of para-hydroxylation sites is 1. The Morgan fingerprint density at radius 2 is 1.75 bits per heavy atom. The molecular weight excluding hydrogens is 346 g/mol. The lowest BCUT2D eigenvalue weighted by Gasteiger charge is -2.08. The number of nitrogens with one attached hydrogen (secondary N) is 1. The summed E-state index contributed by atoms with van der Waals surface area (Å²) in [5, 5.41) is 4.79. The average Bonchev–Trinajstić information content (AvgIpc) is 3.08. The summed E-state index contributed by atoms with van der Waals surface area (Å²) >= 11 is 0. The number of aryl methyl sites for hydroxylation is 1. The molecule has 0 saturated heterocycles. The van der Waals surface area contributed by atoms with Crippen LogP contribution in [0.1, 0.15) is 16.7 Å². The molecule has 0 aliphatic rings. The maximum absolute atomic E-state index is 5.65. The number of nitrogens with zero attached hydrogens (tertiary/aromatic N) is 2. The zero-order chi connectivity index (χ0) is 19.2. The van der Waals surface area contributed by atoms with Gasteiger partial charge >= 0.3 is 0 Å². The topological polar surface area (TPSA) is 39.1 Å². The van der Waals surface area contributed by atoms with Gasteiger partial charge in [-0.25, -0.2) is 4.98 Å². The molecule has 4 rings (SSSR count). The Morgan fingerprint density at radius 1 is 0.929 bits per heavy atom. The molecule has 0 bridgehead atoms. The van der Waals surface area contributed by atoms with Gasteiger partial charge in [-0.15, -0.1) is 0 Å². The lowest BCUT2D eigenvalue weighted by Crippen LogP contribution is -2.20. The van der Waals surface area contributed by atoms with Crippen molar-refractivity contribution in [1.82, 2.24) is 14.9 Å². The van der Waals surface area contributed by atoms with Gasteiger partial charge in [-0.1, -0.05) is 48.5 Å². The van der Waals surface area contributed by atoms with Crippen molar-refractivity contribution in [3.63, 3.8) is 0 Å². The van der Waals surface area contributed by atoms with Crippen LogP contribution in [-0.4, -0.2) is 22.7 Å². The summed E-state index contributed by atoms with van der Waals surface area (Å²) in [6.07, 6.45) is 4.01. The molecule has 142 valence electrons. The first kappa shape index (κ1) is 18.3. The fraction of sp³-hybridized carbons (Fsp3) is 0.208. The molecule has 0 aliphatic carbocycles. The van der Waals surface area contributed by atoms with Crippen LogP contribution in [0.3, 0.4) is 0 Å². The standard InChI is InChI=1S/C24H25N3O/c1-19-8-2-3-9-20(19)17-27-18-21(22-10-4-5-11-23(22)27)16-25-14-15-28-24-12-6-7-13-26-24/h2-13,18,25H,14-17H2,1H3. The molecule has 0 fully saturated rings. The molecule has 0 amide bonds. The minimum Gasteiger partial charge on any atom is -0.476 e. The van der Waals surface area contributed by atoms with E-state index in [9.17, 15) is 0 Å². The Morgan fingerprint density at radius 3 is 2.61 bits per heavy atom. The van der Waals surface area contributed by atoms with Crippen molar-refractivity contribution in [3.8, 4) is 5.88 Å². The molecule has 0 radical (unpaired) electrons. The van der Waals surface area contributed by atoms with Gasteiger partial charge in [0.1, 0.15) is 6.61 Å². The fourth-order valence-corrected chi connectivity index (χ4v) is 3.45. The van der Waals surface area contributed by atoms with Crippen molar-refractivity contribution in [1.29, 1.82) is 0 Å². The molecular formula is C24H25N3O. The van der Waals surface area contributed by atoms with Crippen LogP contribution in [-0.2, 0) is 13.1 Å². The summed E-state index contributed by atoms with van der Waals surface area (Å²) in [6.45, 7) is 5.24. The Bertz CT molecular complexity index is 1040. The fourth-order valence-electron chi connectivity index (χ4n) is 3.45. The summed E-state index contributed by atoms with van der Waals surface area (Å²) in [7, 11) is 0. The molecule has 0 atom stereocenters. The molecule has 4 heteroatoms. The maximum Gasteiger partial charge on any atom is 0.213 e. The van der Waals surface area contributed by atoms with Crippen LogP contribution in [0.15, 0.2) is 79.1 Å². The lowest BCUT2D eigenvalue weighted by atomic mass is 10.1. The molecule has 0 unspecified atom stereocenters. The van der Waals surface area contributed by atoms with Gasteiger partial charge in [-0.05, 0) is 35.7 Å². The van der Waals surface area contributed by atoms with E-state index in [1.807, 2.05) is 18.2 Å². The van der Waals surface area contributed by atoms with E-state index in [1.54, 1.807) is 6.20 Å². The number of benzene rings is 2. The van der Waals surface area contributed by atoms with Gasteiger partial charge < -0.3 is 14.6 Å². The minimum atomic E-state index is 0.596. The maximum atomic E-state index is 5.65. The normalized spacial score (nSPS) is 11.0. The summed E-state index contributed by atoms with van der Waals surface area (Å²) in [5.74, 6) is 0.666. The molecule has 28 heavy (non-hydrogen) atoms. The zero-order valence-corrected chi connectivity index (χ0v) is 16.1. The number of hydrogen-bond acceptors (Lipinski definition) is 3. The van der Waals surface area contributed by atoms with E-state index < -0.39 is 0 Å². The predicted molar refractivity (Wildman–Crippen MR) is 114 cm³/mol. The van der Waals surface area contributed by atoms with Crippen LogP contribution in [0.4, 0.5) is 0 Å². The first-order valence-corrected chi connectivity index (χ1v) is 9.67. The third kappa shape index (κ3) is 4.24. The Labute approximate surface area is 165 Å². The minimum absolute atomic E-state index is 0.596. The highest BCUT2D eigenvalue weighted by Gasteiger charge is 2.09. The average molecular weight is 371 g/mol. The molecule has 2 heterocycles. The molecule has 2 aromatic heterocycles. The molecule has 0 saturated carbocycles. The summed E-state index contributed by atoms with van der Waals surface area (Å²) in [5.41, 5.74) is 5.26. The van der Waals surface area contributed by atoms with Gasteiger partial charge in [0.2, 0.25) is 5.88 Å². The van der Waals surface area contributed by atoms with Gasteiger partial charge in [0.05, 0.1) is 0 Å². The van der Waals surface area contributed by atoms with Crippen molar-refractivity contribution in [2.24, 2.45) is 0 Å². The Hall–Kier alpha value is -3.11. The monoisotopic (exact) mass is 371 g/mol. The first-order chi connectivity index (χ1) is 13.8. The van der Waals surface area contributed by atoms with E-state index >= 15 is 0 Å². The van der Waals surface area contributed by atoms with Crippen LogP contribution in [0.2, 0.25) is 0 Å². The second-order valence-corrected chi connectivity index (χ2v) is 6.92.